The van der Waals surface area contributed by atoms with Gasteiger partial charge < -0.3 is 9.15 Å². The van der Waals surface area contributed by atoms with Gasteiger partial charge in [-0.3, -0.25) is 14.9 Å². The molecule has 4 aromatic rings. The molecule has 32 heavy (non-hydrogen) atoms. The van der Waals surface area contributed by atoms with E-state index in [1.165, 1.54) is 18.4 Å². The highest BCUT2D eigenvalue weighted by molar-refractivity contribution is 6.06. The van der Waals surface area contributed by atoms with Crippen molar-refractivity contribution in [1.82, 2.24) is 10.3 Å². The van der Waals surface area contributed by atoms with Gasteiger partial charge in [-0.05, 0) is 43.7 Å². The number of hydrogen-bond donors (Lipinski definition) is 1. The van der Waals surface area contributed by atoms with Crippen molar-refractivity contribution in [1.29, 1.82) is 0 Å². The Kier molecular flexibility index (Phi) is 5.81. The molecule has 160 valence electrons. The first-order valence-corrected chi connectivity index (χ1v) is 9.94. The molecule has 0 radical (unpaired) electrons. The Morgan fingerprint density at radius 2 is 1.81 bits per heavy atom. The van der Waals surface area contributed by atoms with E-state index in [1.54, 1.807) is 18.2 Å². The molecule has 0 spiro atoms. The molecule has 0 aliphatic carbocycles. The average molecular weight is 428 g/mol. The second kappa shape index (κ2) is 8.85. The van der Waals surface area contributed by atoms with Crippen LogP contribution in [0.2, 0.25) is 0 Å². The smallest absolute Gasteiger partial charge is 0.339 e. The molecule has 0 aliphatic rings. The van der Waals surface area contributed by atoms with Gasteiger partial charge in [-0.1, -0.05) is 42.0 Å². The Labute approximate surface area is 184 Å². The molecule has 2 heterocycles. The van der Waals surface area contributed by atoms with Crippen LogP contribution in [0.15, 0.2) is 71.3 Å². The molecule has 0 saturated carbocycles. The highest BCUT2D eigenvalue weighted by Crippen LogP contribution is 2.28. The predicted molar refractivity (Wildman–Crippen MR) is 118 cm³/mol. The third-order valence-electron chi connectivity index (χ3n) is 4.93. The third kappa shape index (κ3) is 4.41. The average Bonchev–Trinajstić information content (AvgIpc) is 3.32. The fourth-order valence-electron chi connectivity index (χ4n) is 3.42. The molecule has 7 nitrogen and oxygen atoms in total. The van der Waals surface area contributed by atoms with Crippen LogP contribution in [0, 0.1) is 13.8 Å². The van der Waals surface area contributed by atoms with Crippen molar-refractivity contribution in [3.63, 3.8) is 0 Å². The minimum absolute atomic E-state index is 0.0112. The number of ether oxygens (including phenoxy) is 1. The van der Waals surface area contributed by atoms with E-state index in [1.807, 2.05) is 44.2 Å². The SMILES string of the molecule is Cc1ccc(-c2cc(C(=O)OCC(=O)NC(=O)c3ccco3)c3ccccc3n2)c(C)c1. The summed E-state index contributed by atoms with van der Waals surface area (Å²) in [6.45, 7) is 3.38. The summed E-state index contributed by atoms with van der Waals surface area (Å²) in [7, 11) is 0. The van der Waals surface area contributed by atoms with Gasteiger partial charge in [0.1, 0.15) is 0 Å². The molecule has 2 aromatic heterocycles. The van der Waals surface area contributed by atoms with Crippen molar-refractivity contribution >= 4 is 28.7 Å². The normalized spacial score (nSPS) is 10.7. The van der Waals surface area contributed by atoms with Crippen LogP contribution >= 0.6 is 0 Å². The minimum Gasteiger partial charge on any atom is -0.459 e. The van der Waals surface area contributed by atoms with Crippen LogP contribution in [0.1, 0.15) is 32.0 Å². The summed E-state index contributed by atoms with van der Waals surface area (Å²) in [6.07, 6.45) is 1.32. The summed E-state index contributed by atoms with van der Waals surface area (Å²) in [5.41, 5.74) is 4.61. The van der Waals surface area contributed by atoms with Crippen molar-refractivity contribution in [2.24, 2.45) is 0 Å². The standard InChI is InChI=1S/C25H20N2O5/c1-15-9-10-17(16(2)12-15)21-13-19(18-6-3-4-7-20(18)26-21)25(30)32-14-23(28)27-24(29)22-8-5-11-31-22/h3-13H,14H2,1-2H3,(H,27,28,29). The molecule has 0 unspecified atom stereocenters. The Morgan fingerprint density at radius 3 is 2.56 bits per heavy atom. The first-order valence-electron chi connectivity index (χ1n) is 9.94. The topological polar surface area (TPSA) is 98.5 Å². The van der Waals surface area contributed by atoms with Crippen LogP contribution in [0.25, 0.3) is 22.2 Å². The van der Waals surface area contributed by atoms with Crippen molar-refractivity contribution in [3.05, 3.63) is 89.4 Å². The Morgan fingerprint density at radius 1 is 1.00 bits per heavy atom. The lowest BCUT2D eigenvalue weighted by atomic mass is 9.99. The third-order valence-corrected chi connectivity index (χ3v) is 4.93. The first kappa shape index (κ1) is 21.0. The molecule has 0 atom stereocenters. The van der Waals surface area contributed by atoms with Crippen LogP contribution in [0.3, 0.4) is 0 Å². The van der Waals surface area contributed by atoms with E-state index >= 15 is 0 Å². The number of nitrogens with zero attached hydrogens (tertiary/aromatic N) is 1. The van der Waals surface area contributed by atoms with Crippen LogP contribution in [-0.2, 0) is 9.53 Å². The number of hydrogen-bond acceptors (Lipinski definition) is 6. The van der Waals surface area contributed by atoms with Crippen molar-refractivity contribution in [3.8, 4) is 11.3 Å². The number of carbonyl (C=O) groups is 3. The molecule has 2 aromatic carbocycles. The van der Waals surface area contributed by atoms with E-state index in [4.69, 9.17) is 14.1 Å². The number of benzene rings is 2. The summed E-state index contributed by atoms with van der Waals surface area (Å²) < 4.78 is 10.1. The second-order valence-electron chi connectivity index (χ2n) is 7.32. The first-order chi connectivity index (χ1) is 15.4. The lowest BCUT2D eigenvalue weighted by Gasteiger charge is -2.12. The van der Waals surface area contributed by atoms with Gasteiger partial charge in [0.2, 0.25) is 0 Å². The van der Waals surface area contributed by atoms with E-state index in [0.29, 0.717) is 16.6 Å². The van der Waals surface area contributed by atoms with E-state index < -0.39 is 24.4 Å². The number of fused-ring (bicyclic) bond motifs is 1. The Hall–Kier alpha value is -4.26. The van der Waals surface area contributed by atoms with Crippen LogP contribution in [0.4, 0.5) is 0 Å². The van der Waals surface area contributed by atoms with Gasteiger partial charge in [0.25, 0.3) is 11.8 Å². The number of imide groups is 1. The number of nitrogens with one attached hydrogen (secondary N) is 1. The number of aryl methyl sites for hydroxylation is 2. The molecule has 0 fully saturated rings. The van der Waals surface area contributed by atoms with Gasteiger partial charge in [0.05, 0.1) is 23.0 Å². The van der Waals surface area contributed by atoms with E-state index in [9.17, 15) is 14.4 Å². The van der Waals surface area contributed by atoms with Gasteiger partial charge in [0.15, 0.2) is 12.4 Å². The fraction of sp³-hybridized carbons (Fsp3) is 0.120. The Bertz CT molecular complexity index is 1330. The molecule has 4 rings (SSSR count). The monoisotopic (exact) mass is 428 g/mol. The van der Waals surface area contributed by atoms with Crippen LogP contribution in [-0.4, -0.2) is 29.4 Å². The molecule has 7 heteroatoms. The van der Waals surface area contributed by atoms with Gasteiger partial charge in [-0.2, -0.15) is 0 Å². The summed E-state index contributed by atoms with van der Waals surface area (Å²) in [6, 6.07) is 17.8. The summed E-state index contributed by atoms with van der Waals surface area (Å²) >= 11 is 0. The van der Waals surface area contributed by atoms with Crippen molar-refractivity contribution in [2.75, 3.05) is 6.61 Å². The summed E-state index contributed by atoms with van der Waals surface area (Å²) in [4.78, 5) is 41.5. The van der Waals surface area contributed by atoms with Gasteiger partial charge in [-0.15, -0.1) is 0 Å². The summed E-state index contributed by atoms with van der Waals surface area (Å²) in [5.74, 6) is -2.16. The fourth-order valence-corrected chi connectivity index (χ4v) is 3.42. The quantitative estimate of drug-likeness (QED) is 0.478. The number of amides is 2. The number of rotatable bonds is 5. The number of furan rings is 1. The summed E-state index contributed by atoms with van der Waals surface area (Å²) in [5, 5.41) is 2.72. The molecule has 2 amide bonds. The molecule has 0 bridgehead atoms. The molecule has 0 saturated heterocycles. The molecular weight excluding hydrogens is 408 g/mol. The van der Waals surface area contributed by atoms with Gasteiger partial charge in [-0.25, -0.2) is 9.78 Å². The van der Waals surface area contributed by atoms with Crippen molar-refractivity contribution < 1.29 is 23.5 Å². The largest absolute Gasteiger partial charge is 0.459 e. The number of pyridine rings is 1. The number of para-hydroxylation sites is 1. The van der Waals surface area contributed by atoms with Gasteiger partial charge >= 0.3 is 5.97 Å². The van der Waals surface area contributed by atoms with Crippen molar-refractivity contribution in [2.45, 2.75) is 13.8 Å². The van der Waals surface area contributed by atoms with E-state index in [-0.39, 0.29) is 11.3 Å². The van der Waals surface area contributed by atoms with E-state index in [0.717, 1.165) is 16.7 Å². The van der Waals surface area contributed by atoms with E-state index in [2.05, 4.69) is 5.32 Å². The second-order valence-corrected chi connectivity index (χ2v) is 7.32. The van der Waals surface area contributed by atoms with Gasteiger partial charge in [0, 0.05) is 10.9 Å². The van der Waals surface area contributed by atoms with Crippen LogP contribution in [0.5, 0.6) is 0 Å². The zero-order chi connectivity index (χ0) is 22.7. The molecular formula is C25H20N2O5. The lowest BCUT2D eigenvalue weighted by Crippen LogP contribution is -2.34. The number of aromatic nitrogens is 1. The minimum atomic E-state index is -0.757. The highest BCUT2D eigenvalue weighted by atomic mass is 16.5. The molecule has 0 aliphatic heterocycles. The maximum atomic E-state index is 12.9. The maximum absolute atomic E-state index is 12.9. The van der Waals surface area contributed by atoms with Crippen LogP contribution < -0.4 is 5.32 Å². The zero-order valence-electron chi connectivity index (χ0n) is 17.5. The lowest BCUT2D eigenvalue weighted by molar-refractivity contribution is -0.123. The predicted octanol–water partition coefficient (Wildman–Crippen LogP) is 4.23. The highest BCUT2D eigenvalue weighted by Gasteiger charge is 2.19. The zero-order valence-corrected chi connectivity index (χ0v) is 17.5. The number of carbonyl (C=O) groups excluding carboxylic acids is 3. The molecule has 1 N–H and O–H groups in total. The maximum Gasteiger partial charge on any atom is 0.339 e. The number of esters is 1. The Balaban J connectivity index is 1.58.